The Morgan fingerprint density at radius 1 is 1.07 bits per heavy atom. The van der Waals surface area contributed by atoms with Crippen LogP contribution >= 0.6 is 21.6 Å². The summed E-state index contributed by atoms with van der Waals surface area (Å²) in [5.41, 5.74) is -1.04. The van der Waals surface area contributed by atoms with Gasteiger partial charge in [0.25, 0.3) is 5.91 Å². The molecule has 0 radical (unpaired) electrons. The molecule has 0 aliphatic carbocycles. The fourth-order valence-corrected chi connectivity index (χ4v) is 3.44. The van der Waals surface area contributed by atoms with Gasteiger partial charge in [-0.3, -0.25) is 14.6 Å². The minimum absolute atomic E-state index is 0.0685. The molecule has 15 heteroatoms. The average molecular weight is 482 g/mol. The fraction of sp³-hybridized carbons (Fsp3) is 0.467. The zero-order valence-corrected chi connectivity index (χ0v) is 16.8. The third-order valence-electron chi connectivity index (χ3n) is 2.81. The maximum absolute atomic E-state index is 12.6. The number of carboxylic acids is 2. The molecule has 1 aromatic heterocycles. The lowest BCUT2D eigenvalue weighted by atomic mass is 10.1. The Balaban J connectivity index is 0.00000103. The largest absolute Gasteiger partial charge is 0.490 e. The molecule has 1 heterocycles. The van der Waals surface area contributed by atoms with Crippen LogP contribution in [0.5, 0.6) is 0 Å². The van der Waals surface area contributed by atoms with Gasteiger partial charge in [-0.15, -0.1) is 0 Å². The number of carboxylic acid groups (broad SMARTS) is 2. The first-order valence-electron chi connectivity index (χ1n) is 7.74. The molecule has 0 atom stereocenters. The average Bonchev–Trinajstić information content (AvgIpc) is 2.59. The summed E-state index contributed by atoms with van der Waals surface area (Å²) in [6.07, 6.45) is -8.65. The second kappa shape index (κ2) is 12.5. The SMILES string of the molecule is Cc1cc(C(=O)NCCSSCCC(=O)O)cnc1C(F)(F)F.O=C(O)C(F)(F)F. The van der Waals surface area contributed by atoms with E-state index in [1.165, 1.54) is 28.5 Å². The zero-order chi connectivity index (χ0) is 23.5. The Morgan fingerprint density at radius 2 is 1.60 bits per heavy atom. The van der Waals surface area contributed by atoms with E-state index in [9.17, 15) is 35.9 Å². The van der Waals surface area contributed by atoms with Gasteiger partial charge < -0.3 is 15.5 Å². The van der Waals surface area contributed by atoms with Crippen LogP contribution < -0.4 is 5.32 Å². The summed E-state index contributed by atoms with van der Waals surface area (Å²) in [7, 11) is 2.80. The third kappa shape index (κ3) is 11.7. The number of aliphatic carboxylic acids is 2. The van der Waals surface area contributed by atoms with Crippen LogP contribution in [0.2, 0.25) is 0 Å². The fourth-order valence-electron chi connectivity index (χ4n) is 1.55. The minimum Gasteiger partial charge on any atom is -0.481 e. The maximum Gasteiger partial charge on any atom is 0.490 e. The molecule has 0 bridgehead atoms. The van der Waals surface area contributed by atoms with Crippen LogP contribution in [-0.2, 0) is 15.8 Å². The number of alkyl halides is 6. The molecule has 7 nitrogen and oxygen atoms in total. The molecule has 1 rings (SSSR count). The van der Waals surface area contributed by atoms with Gasteiger partial charge in [0.2, 0.25) is 0 Å². The predicted molar refractivity (Wildman–Crippen MR) is 97.2 cm³/mol. The van der Waals surface area contributed by atoms with Crippen LogP contribution in [0.1, 0.15) is 28.0 Å². The number of rotatable bonds is 8. The van der Waals surface area contributed by atoms with Crippen molar-refractivity contribution >= 4 is 39.4 Å². The highest BCUT2D eigenvalue weighted by Crippen LogP contribution is 2.30. The molecule has 30 heavy (non-hydrogen) atoms. The number of nitrogens with one attached hydrogen (secondary N) is 1. The van der Waals surface area contributed by atoms with Crippen LogP contribution in [0.15, 0.2) is 12.3 Å². The summed E-state index contributed by atoms with van der Waals surface area (Å²) in [6.45, 7) is 1.57. The number of hydrogen-bond acceptors (Lipinski definition) is 6. The summed E-state index contributed by atoms with van der Waals surface area (Å²) < 4.78 is 69.5. The standard InChI is InChI=1S/C13H15F3N2O3S2.C2HF3O2/c1-8-6-9(7-18-11(8)13(14,15)16)12(21)17-3-5-23-22-4-2-10(19)20;3-2(4,5)1(6)7/h6-7H,2-5H2,1H3,(H,17,21)(H,19,20);(H,6,7). The van der Waals surface area contributed by atoms with E-state index in [0.717, 1.165) is 12.3 Å². The van der Waals surface area contributed by atoms with Crippen molar-refractivity contribution in [2.75, 3.05) is 18.1 Å². The molecular weight excluding hydrogens is 466 g/mol. The number of nitrogens with zero attached hydrogens (tertiary/aromatic N) is 1. The Labute approximate surface area is 174 Å². The van der Waals surface area contributed by atoms with Crippen molar-refractivity contribution in [2.45, 2.75) is 25.7 Å². The summed E-state index contributed by atoms with van der Waals surface area (Å²) >= 11 is 0. The Morgan fingerprint density at radius 3 is 2.03 bits per heavy atom. The number of carbonyl (C=O) groups excluding carboxylic acids is 1. The number of pyridine rings is 1. The summed E-state index contributed by atoms with van der Waals surface area (Å²) in [5.74, 6) is -3.09. The van der Waals surface area contributed by atoms with Crippen molar-refractivity contribution in [1.29, 1.82) is 0 Å². The highest BCUT2D eigenvalue weighted by molar-refractivity contribution is 8.76. The first kappa shape index (κ1) is 27.8. The number of halogens is 6. The number of carbonyl (C=O) groups is 3. The maximum atomic E-state index is 12.6. The third-order valence-corrected chi connectivity index (χ3v) is 5.21. The van der Waals surface area contributed by atoms with Gasteiger partial charge >= 0.3 is 24.3 Å². The number of amides is 1. The molecule has 1 aromatic rings. The van der Waals surface area contributed by atoms with Crippen LogP contribution in [-0.4, -0.2) is 57.3 Å². The molecule has 3 N–H and O–H groups in total. The van der Waals surface area contributed by atoms with Crippen molar-refractivity contribution in [3.05, 3.63) is 29.1 Å². The molecule has 0 aromatic carbocycles. The normalized spacial score (nSPS) is 11.3. The van der Waals surface area contributed by atoms with Crippen LogP contribution in [0.25, 0.3) is 0 Å². The summed E-state index contributed by atoms with van der Waals surface area (Å²) in [5, 5.41) is 18.1. The van der Waals surface area contributed by atoms with E-state index in [1.807, 2.05) is 0 Å². The summed E-state index contributed by atoms with van der Waals surface area (Å²) in [4.78, 5) is 34.3. The highest BCUT2D eigenvalue weighted by atomic mass is 33.1. The van der Waals surface area contributed by atoms with E-state index in [4.69, 9.17) is 15.0 Å². The van der Waals surface area contributed by atoms with E-state index in [2.05, 4.69) is 10.3 Å². The van der Waals surface area contributed by atoms with Gasteiger partial charge in [-0.05, 0) is 18.6 Å². The van der Waals surface area contributed by atoms with Crippen molar-refractivity contribution in [1.82, 2.24) is 10.3 Å². The lowest BCUT2D eigenvalue weighted by molar-refractivity contribution is -0.192. The molecule has 0 fully saturated rings. The van der Waals surface area contributed by atoms with Gasteiger partial charge in [0.1, 0.15) is 5.69 Å². The quantitative estimate of drug-likeness (QED) is 0.292. The number of hydrogen-bond donors (Lipinski definition) is 3. The Hall–Kier alpha value is -2.16. The van der Waals surface area contributed by atoms with Crippen molar-refractivity contribution < 1.29 is 50.9 Å². The monoisotopic (exact) mass is 482 g/mol. The van der Waals surface area contributed by atoms with Gasteiger partial charge in [0, 0.05) is 24.2 Å². The van der Waals surface area contributed by atoms with Crippen LogP contribution in [0, 0.1) is 6.92 Å². The first-order valence-corrected chi connectivity index (χ1v) is 10.2. The van der Waals surface area contributed by atoms with Crippen molar-refractivity contribution in [2.24, 2.45) is 0 Å². The van der Waals surface area contributed by atoms with E-state index in [1.54, 1.807) is 0 Å². The lowest BCUT2D eigenvalue weighted by Gasteiger charge is -2.10. The van der Waals surface area contributed by atoms with Gasteiger partial charge in [-0.25, -0.2) is 4.79 Å². The first-order chi connectivity index (χ1) is 13.7. The molecule has 0 saturated carbocycles. The van der Waals surface area contributed by atoms with E-state index >= 15 is 0 Å². The number of aryl methyl sites for hydroxylation is 1. The lowest BCUT2D eigenvalue weighted by Crippen LogP contribution is -2.26. The van der Waals surface area contributed by atoms with E-state index in [-0.39, 0.29) is 17.5 Å². The van der Waals surface area contributed by atoms with E-state index < -0.39 is 35.9 Å². The van der Waals surface area contributed by atoms with Crippen molar-refractivity contribution in [3.63, 3.8) is 0 Å². The van der Waals surface area contributed by atoms with Gasteiger partial charge in [-0.1, -0.05) is 21.6 Å². The molecule has 1 amide bonds. The molecule has 0 saturated heterocycles. The molecule has 170 valence electrons. The van der Waals surface area contributed by atoms with Gasteiger partial charge in [0.05, 0.1) is 12.0 Å². The Kier molecular flexibility index (Phi) is 11.6. The molecular formula is C15H16F6N2O5S2. The second-order valence-corrected chi connectivity index (χ2v) is 7.94. The number of aromatic nitrogens is 1. The minimum atomic E-state index is -5.08. The van der Waals surface area contributed by atoms with Crippen molar-refractivity contribution in [3.8, 4) is 0 Å². The second-order valence-electron chi connectivity index (χ2n) is 5.23. The van der Waals surface area contributed by atoms with Crippen LogP contribution in [0.3, 0.4) is 0 Å². The van der Waals surface area contributed by atoms with E-state index in [0.29, 0.717) is 18.1 Å². The van der Waals surface area contributed by atoms with Gasteiger partial charge in [0.15, 0.2) is 0 Å². The molecule has 0 aliphatic heterocycles. The van der Waals surface area contributed by atoms with Crippen LogP contribution in [0.4, 0.5) is 26.3 Å². The topological polar surface area (TPSA) is 117 Å². The predicted octanol–water partition coefficient (Wildman–Crippen LogP) is 3.63. The molecule has 0 aliphatic rings. The smallest absolute Gasteiger partial charge is 0.481 e. The zero-order valence-electron chi connectivity index (χ0n) is 15.1. The van der Waals surface area contributed by atoms with Gasteiger partial charge in [-0.2, -0.15) is 26.3 Å². The summed E-state index contributed by atoms with van der Waals surface area (Å²) in [6, 6.07) is 1.15. The molecule has 0 unspecified atom stereocenters. The Bertz CT molecular complexity index is 743. The highest BCUT2D eigenvalue weighted by Gasteiger charge is 2.38. The molecule has 0 spiro atoms.